The summed E-state index contributed by atoms with van der Waals surface area (Å²) in [5, 5.41) is 0. The standard InChI is InChI=1S/C12H14N2/c1-9-6-7-14-11-5-3-2-4-10(11)13-12(14)8-9/h2-5,9H,6-8H2,1H3/t9-/m1/s1. The molecule has 0 fully saturated rings. The molecule has 1 aromatic carbocycles. The maximum absolute atomic E-state index is 4.67. The Kier molecular flexibility index (Phi) is 1.63. The van der Waals surface area contributed by atoms with E-state index in [1.807, 2.05) is 0 Å². The van der Waals surface area contributed by atoms with Crippen molar-refractivity contribution in [3.05, 3.63) is 30.1 Å². The lowest BCUT2D eigenvalue weighted by molar-refractivity contribution is 0.415. The van der Waals surface area contributed by atoms with E-state index in [1.165, 1.54) is 17.8 Å². The molecule has 2 heteroatoms. The molecule has 1 atom stereocenters. The van der Waals surface area contributed by atoms with Crippen molar-refractivity contribution in [3.8, 4) is 0 Å². The average molecular weight is 186 g/mol. The molecule has 2 nitrogen and oxygen atoms in total. The van der Waals surface area contributed by atoms with Gasteiger partial charge in [-0.05, 0) is 24.5 Å². The van der Waals surface area contributed by atoms with Crippen molar-refractivity contribution in [1.82, 2.24) is 9.55 Å². The highest BCUT2D eigenvalue weighted by atomic mass is 15.1. The van der Waals surface area contributed by atoms with Gasteiger partial charge in [-0.15, -0.1) is 0 Å². The van der Waals surface area contributed by atoms with Gasteiger partial charge in [0.25, 0.3) is 0 Å². The second-order valence-corrected chi connectivity index (χ2v) is 4.27. The van der Waals surface area contributed by atoms with E-state index in [0.717, 1.165) is 24.4 Å². The number of aromatic nitrogens is 2. The number of hydrogen-bond donors (Lipinski definition) is 0. The Balaban J connectivity index is 2.24. The molecule has 2 heterocycles. The van der Waals surface area contributed by atoms with Crippen LogP contribution in [-0.4, -0.2) is 9.55 Å². The van der Waals surface area contributed by atoms with Crippen LogP contribution < -0.4 is 0 Å². The Morgan fingerprint density at radius 3 is 3.14 bits per heavy atom. The molecule has 0 saturated heterocycles. The van der Waals surface area contributed by atoms with E-state index in [1.54, 1.807) is 0 Å². The van der Waals surface area contributed by atoms with Crippen LogP contribution in [0.4, 0.5) is 0 Å². The van der Waals surface area contributed by atoms with Crippen molar-refractivity contribution >= 4 is 11.0 Å². The summed E-state index contributed by atoms with van der Waals surface area (Å²) < 4.78 is 2.37. The lowest BCUT2D eigenvalue weighted by Gasteiger charge is -2.19. The number of nitrogens with zero attached hydrogens (tertiary/aromatic N) is 2. The minimum atomic E-state index is 0.791. The third kappa shape index (κ3) is 1.07. The summed E-state index contributed by atoms with van der Waals surface area (Å²) in [6.45, 7) is 3.44. The molecule has 0 amide bonds. The van der Waals surface area contributed by atoms with Gasteiger partial charge < -0.3 is 4.57 Å². The van der Waals surface area contributed by atoms with Gasteiger partial charge in [0.15, 0.2) is 0 Å². The Labute approximate surface area is 83.6 Å². The summed E-state index contributed by atoms with van der Waals surface area (Å²) in [4.78, 5) is 4.67. The molecule has 0 radical (unpaired) electrons. The summed E-state index contributed by atoms with van der Waals surface area (Å²) in [6, 6.07) is 8.42. The minimum absolute atomic E-state index is 0.791. The van der Waals surface area contributed by atoms with Crippen molar-refractivity contribution in [2.45, 2.75) is 26.3 Å². The van der Waals surface area contributed by atoms with E-state index in [2.05, 4.69) is 40.7 Å². The molecule has 0 aliphatic carbocycles. The number of imidazole rings is 1. The van der Waals surface area contributed by atoms with Gasteiger partial charge in [0.05, 0.1) is 11.0 Å². The Morgan fingerprint density at radius 2 is 2.21 bits per heavy atom. The highest BCUT2D eigenvalue weighted by Crippen LogP contribution is 2.24. The third-order valence-electron chi connectivity index (χ3n) is 3.11. The quantitative estimate of drug-likeness (QED) is 0.618. The monoisotopic (exact) mass is 186 g/mol. The number of fused-ring (bicyclic) bond motifs is 3. The molecule has 0 unspecified atom stereocenters. The van der Waals surface area contributed by atoms with Gasteiger partial charge in [-0.2, -0.15) is 0 Å². The first kappa shape index (κ1) is 8.04. The number of benzene rings is 1. The van der Waals surface area contributed by atoms with Crippen LogP contribution in [0, 0.1) is 5.92 Å². The van der Waals surface area contributed by atoms with Crippen LogP contribution in [0.2, 0.25) is 0 Å². The van der Waals surface area contributed by atoms with Gasteiger partial charge in [-0.3, -0.25) is 0 Å². The number of rotatable bonds is 0. The third-order valence-corrected chi connectivity index (χ3v) is 3.11. The first-order chi connectivity index (χ1) is 6.84. The predicted molar refractivity (Wildman–Crippen MR) is 57.2 cm³/mol. The van der Waals surface area contributed by atoms with Crippen LogP contribution in [0.3, 0.4) is 0 Å². The molecule has 14 heavy (non-hydrogen) atoms. The van der Waals surface area contributed by atoms with Crippen molar-refractivity contribution in [1.29, 1.82) is 0 Å². The fraction of sp³-hybridized carbons (Fsp3) is 0.417. The lowest BCUT2D eigenvalue weighted by atomic mass is 10.0. The summed E-state index contributed by atoms with van der Waals surface area (Å²) in [5.41, 5.74) is 2.45. The first-order valence-corrected chi connectivity index (χ1v) is 5.29. The molecule has 1 aromatic heterocycles. The molecular weight excluding hydrogens is 172 g/mol. The maximum Gasteiger partial charge on any atom is 0.110 e. The normalized spacial score (nSPS) is 21.1. The van der Waals surface area contributed by atoms with Crippen molar-refractivity contribution < 1.29 is 0 Å². The van der Waals surface area contributed by atoms with Gasteiger partial charge in [0.1, 0.15) is 5.82 Å². The fourth-order valence-corrected chi connectivity index (χ4v) is 2.29. The van der Waals surface area contributed by atoms with E-state index in [-0.39, 0.29) is 0 Å². The van der Waals surface area contributed by atoms with E-state index in [9.17, 15) is 0 Å². The molecule has 1 aliphatic heterocycles. The van der Waals surface area contributed by atoms with E-state index in [4.69, 9.17) is 0 Å². The molecule has 72 valence electrons. The SMILES string of the molecule is C[C@@H]1CCn2c(nc3ccccc32)C1. The summed E-state index contributed by atoms with van der Waals surface area (Å²) >= 11 is 0. The van der Waals surface area contributed by atoms with Crippen LogP contribution in [0.1, 0.15) is 19.2 Å². The van der Waals surface area contributed by atoms with Gasteiger partial charge in [-0.25, -0.2) is 4.98 Å². The number of hydrogen-bond acceptors (Lipinski definition) is 1. The smallest absolute Gasteiger partial charge is 0.110 e. The van der Waals surface area contributed by atoms with Crippen LogP contribution in [-0.2, 0) is 13.0 Å². The Hall–Kier alpha value is -1.31. The van der Waals surface area contributed by atoms with Gasteiger partial charge >= 0.3 is 0 Å². The average Bonchev–Trinajstić information content (AvgIpc) is 2.54. The largest absolute Gasteiger partial charge is 0.328 e. The first-order valence-electron chi connectivity index (χ1n) is 5.29. The molecule has 0 spiro atoms. The van der Waals surface area contributed by atoms with Gasteiger partial charge in [0.2, 0.25) is 0 Å². The highest BCUT2D eigenvalue weighted by molar-refractivity contribution is 5.75. The van der Waals surface area contributed by atoms with Crippen molar-refractivity contribution in [3.63, 3.8) is 0 Å². The van der Waals surface area contributed by atoms with Crippen molar-refractivity contribution in [2.24, 2.45) is 5.92 Å². The van der Waals surface area contributed by atoms with Crippen LogP contribution in [0.5, 0.6) is 0 Å². The van der Waals surface area contributed by atoms with E-state index < -0.39 is 0 Å². The highest BCUT2D eigenvalue weighted by Gasteiger charge is 2.18. The zero-order valence-corrected chi connectivity index (χ0v) is 8.40. The zero-order valence-electron chi connectivity index (χ0n) is 8.40. The Morgan fingerprint density at radius 1 is 1.36 bits per heavy atom. The number of para-hydroxylation sites is 2. The van der Waals surface area contributed by atoms with Gasteiger partial charge in [0, 0.05) is 13.0 Å². The zero-order chi connectivity index (χ0) is 9.54. The second kappa shape index (κ2) is 2.84. The summed E-state index contributed by atoms with van der Waals surface area (Å²) in [6.07, 6.45) is 2.42. The maximum atomic E-state index is 4.67. The predicted octanol–water partition coefficient (Wildman–Crippen LogP) is 2.62. The Bertz CT molecular complexity index is 470. The topological polar surface area (TPSA) is 17.8 Å². The summed E-state index contributed by atoms with van der Waals surface area (Å²) in [7, 11) is 0. The van der Waals surface area contributed by atoms with E-state index in [0.29, 0.717) is 0 Å². The van der Waals surface area contributed by atoms with Crippen LogP contribution in [0.15, 0.2) is 24.3 Å². The number of aryl methyl sites for hydroxylation is 1. The fourth-order valence-electron chi connectivity index (χ4n) is 2.29. The molecule has 2 aromatic rings. The molecule has 0 saturated carbocycles. The van der Waals surface area contributed by atoms with Gasteiger partial charge in [-0.1, -0.05) is 19.1 Å². The molecule has 1 aliphatic rings. The summed E-state index contributed by atoms with van der Waals surface area (Å²) in [5.74, 6) is 2.06. The molecule has 0 N–H and O–H groups in total. The second-order valence-electron chi connectivity index (χ2n) is 4.27. The molecule has 3 rings (SSSR count). The minimum Gasteiger partial charge on any atom is -0.328 e. The van der Waals surface area contributed by atoms with Crippen LogP contribution in [0.25, 0.3) is 11.0 Å². The van der Waals surface area contributed by atoms with Crippen LogP contribution >= 0.6 is 0 Å². The van der Waals surface area contributed by atoms with E-state index >= 15 is 0 Å². The lowest BCUT2D eigenvalue weighted by Crippen LogP contribution is -2.17. The molecule has 0 bridgehead atoms. The molecular formula is C12H14N2. The van der Waals surface area contributed by atoms with Crippen molar-refractivity contribution in [2.75, 3.05) is 0 Å².